The van der Waals surface area contributed by atoms with Gasteiger partial charge in [0.25, 0.3) is 0 Å². The quantitative estimate of drug-likeness (QED) is 0.808. The maximum absolute atomic E-state index is 12.3. The van der Waals surface area contributed by atoms with Crippen molar-refractivity contribution in [3.05, 3.63) is 30.1 Å². The number of carboxylic acid groups (broad SMARTS) is 1. The van der Waals surface area contributed by atoms with Crippen molar-refractivity contribution in [3.8, 4) is 0 Å². The Kier molecular flexibility index (Phi) is 4.29. The lowest BCUT2D eigenvalue weighted by atomic mass is 10.0. The van der Waals surface area contributed by atoms with Gasteiger partial charge in [0, 0.05) is 18.8 Å². The molecule has 0 aliphatic heterocycles. The molecule has 2 N–H and O–H groups in total. The molecule has 0 saturated heterocycles. The summed E-state index contributed by atoms with van der Waals surface area (Å²) < 4.78 is 28.6. The highest BCUT2D eigenvalue weighted by Crippen LogP contribution is 2.18. The topological polar surface area (TPSA) is 88.4 Å². The monoisotopic (exact) mass is 298 g/mol. The summed E-state index contributed by atoms with van der Waals surface area (Å²) in [6.45, 7) is 2.17. The highest BCUT2D eigenvalue weighted by Gasteiger charge is 2.24. The fourth-order valence-corrected chi connectivity index (χ4v) is 3.58. The van der Waals surface area contributed by atoms with Crippen LogP contribution in [0, 0.1) is 0 Å². The van der Waals surface area contributed by atoms with Gasteiger partial charge in [0.15, 0.2) is 0 Å². The molecule has 1 aliphatic carbocycles. The first-order valence-electron chi connectivity index (χ1n) is 6.55. The number of nitrogens with one attached hydrogen (secondary N) is 1. The lowest BCUT2D eigenvalue weighted by Gasteiger charge is -2.18. The summed E-state index contributed by atoms with van der Waals surface area (Å²) in [6.07, 6.45) is 7.63. The molecule has 0 radical (unpaired) electrons. The van der Waals surface area contributed by atoms with Gasteiger partial charge >= 0.3 is 5.97 Å². The van der Waals surface area contributed by atoms with Crippen molar-refractivity contribution in [2.24, 2.45) is 0 Å². The molecule has 0 fully saturated rings. The van der Waals surface area contributed by atoms with Gasteiger partial charge in [-0.05, 0) is 32.3 Å². The van der Waals surface area contributed by atoms with Crippen molar-refractivity contribution >= 4 is 16.0 Å². The van der Waals surface area contributed by atoms with Crippen LogP contribution in [0.3, 0.4) is 0 Å². The van der Waals surface area contributed by atoms with E-state index in [-0.39, 0.29) is 16.6 Å². The Morgan fingerprint density at radius 2 is 2.25 bits per heavy atom. The maximum Gasteiger partial charge on any atom is 0.352 e. The second kappa shape index (κ2) is 5.80. The fourth-order valence-electron chi connectivity index (χ4n) is 2.26. The molecule has 0 saturated carbocycles. The lowest BCUT2D eigenvalue weighted by Crippen LogP contribution is -2.35. The average molecular weight is 298 g/mol. The third-order valence-electron chi connectivity index (χ3n) is 3.33. The zero-order valence-corrected chi connectivity index (χ0v) is 12.1. The Bertz CT molecular complexity index is 631. The van der Waals surface area contributed by atoms with Crippen LogP contribution in [0.1, 0.15) is 36.7 Å². The molecule has 0 bridgehead atoms. The molecular formula is C13H18N2O4S. The third-order valence-corrected chi connectivity index (χ3v) is 4.82. The highest BCUT2D eigenvalue weighted by atomic mass is 32.2. The van der Waals surface area contributed by atoms with E-state index >= 15 is 0 Å². The molecule has 1 aliphatic rings. The van der Waals surface area contributed by atoms with Crippen LogP contribution in [0.5, 0.6) is 0 Å². The predicted molar refractivity (Wildman–Crippen MR) is 74.2 cm³/mol. The number of aromatic carboxylic acids is 1. The lowest BCUT2D eigenvalue weighted by molar-refractivity contribution is 0.0685. The van der Waals surface area contributed by atoms with Gasteiger partial charge in [0.05, 0.1) is 0 Å². The number of hydrogen-bond acceptors (Lipinski definition) is 3. The van der Waals surface area contributed by atoms with E-state index in [0.29, 0.717) is 13.0 Å². The van der Waals surface area contributed by atoms with E-state index in [1.165, 1.54) is 16.8 Å². The smallest absolute Gasteiger partial charge is 0.352 e. The molecule has 110 valence electrons. The number of hydrogen-bond donors (Lipinski definition) is 2. The molecule has 20 heavy (non-hydrogen) atoms. The summed E-state index contributed by atoms with van der Waals surface area (Å²) in [6, 6.07) is 1.08. The summed E-state index contributed by atoms with van der Waals surface area (Å²) >= 11 is 0. The van der Waals surface area contributed by atoms with Gasteiger partial charge in [-0.1, -0.05) is 12.2 Å². The van der Waals surface area contributed by atoms with Gasteiger partial charge in [0.1, 0.15) is 10.6 Å². The van der Waals surface area contributed by atoms with Gasteiger partial charge in [-0.25, -0.2) is 17.9 Å². The van der Waals surface area contributed by atoms with E-state index in [4.69, 9.17) is 5.11 Å². The van der Waals surface area contributed by atoms with Crippen LogP contribution in [0.25, 0.3) is 0 Å². The van der Waals surface area contributed by atoms with Crippen LogP contribution in [0.2, 0.25) is 0 Å². The van der Waals surface area contributed by atoms with Crippen molar-refractivity contribution in [1.82, 2.24) is 9.29 Å². The second-order valence-electron chi connectivity index (χ2n) is 4.75. The van der Waals surface area contributed by atoms with Crippen molar-refractivity contribution in [2.45, 2.75) is 43.7 Å². The molecule has 2 rings (SSSR count). The molecule has 6 nitrogen and oxygen atoms in total. The van der Waals surface area contributed by atoms with Crippen LogP contribution in [0.15, 0.2) is 29.3 Å². The van der Waals surface area contributed by atoms with E-state index < -0.39 is 16.0 Å². The van der Waals surface area contributed by atoms with E-state index in [2.05, 4.69) is 4.72 Å². The zero-order valence-electron chi connectivity index (χ0n) is 11.2. The number of aromatic nitrogens is 1. The molecule has 0 amide bonds. The zero-order chi connectivity index (χ0) is 14.8. The van der Waals surface area contributed by atoms with Gasteiger partial charge in [-0.15, -0.1) is 0 Å². The molecule has 1 unspecified atom stereocenters. The Morgan fingerprint density at radius 1 is 1.50 bits per heavy atom. The first-order chi connectivity index (χ1) is 9.44. The fraction of sp³-hybridized carbons (Fsp3) is 0.462. The standard InChI is InChI=1S/C13H18N2O4S/c1-2-15-9-11(8-12(15)13(16)17)20(18,19)14-10-6-4-3-5-7-10/h3-4,8-10,14H,2,5-7H2,1H3,(H,16,17). The maximum atomic E-state index is 12.3. The molecular weight excluding hydrogens is 280 g/mol. The van der Waals surface area contributed by atoms with E-state index in [1.54, 1.807) is 6.92 Å². The van der Waals surface area contributed by atoms with Gasteiger partial charge in [-0.2, -0.15) is 0 Å². The normalized spacial score (nSPS) is 19.1. The number of allylic oxidation sites excluding steroid dienone is 1. The van der Waals surface area contributed by atoms with E-state index in [9.17, 15) is 13.2 Å². The highest BCUT2D eigenvalue weighted by molar-refractivity contribution is 7.89. The summed E-state index contributed by atoms with van der Waals surface area (Å²) in [5.74, 6) is -1.13. The first-order valence-corrected chi connectivity index (χ1v) is 8.03. The minimum Gasteiger partial charge on any atom is -0.477 e. The Balaban J connectivity index is 2.25. The predicted octanol–water partition coefficient (Wildman–Crippen LogP) is 1.59. The molecule has 0 aromatic carbocycles. The summed E-state index contributed by atoms with van der Waals surface area (Å²) in [5.41, 5.74) is -0.0172. The Morgan fingerprint density at radius 3 is 2.75 bits per heavy atom. The van der Waals surface area contributed by atoms with Crippen LogP contribution in [0.4, 0.5) is 0 Å². The Labute approximate surface area is 118 Å². The molecule has 1 aromatic rings. The van der Waals surface area contributed by atoms with E-state index in [1.807, 2.05) is 12.2 Å². The number of carbonyl (C=O) groups is 1. The number of rotatable bonds is 5. The van der Waals surface area contributed by atoms with Gasteiger partial charge in [-0.3, -0.25) is 0 Å². The third kappa shape index (κ3) is 3.10. The van der Waals surface area contributed by atoms with Gasteiger partial charge in [0.2, 0.25) is 10.0 Å². The molecule has 1 heterocycles. The largest absolute Gasteiger partial charge is 0.477 e. The SMILES string of the molecule is CCn1cc(S(=O)(=O)NC2CC=CCC2)cc1C(=O)O. The summed E-state index contributed by atoms with van der Waals surface area (Å²) in [7, 11) is -3.67. The van der Waals surface area contributed by atoms with Crippen LogP contribution < -0.4 is 4.72 Å². The van der Waals surface area contributed by atoms with Crippen LogP contribution in [-0.2, 0) is 16.6 Å². The summed E-state index contributed by atoms with van der Waals surface area (Å²) in [4.78, 5) is 11.1. The van der Waals surface area contributed by atoms with Crippen molar-refractivity contribution < 1.29 is 18.3 Å². The molecule has 1 atom stereocenters. The number of nitrogens with zero attached hydrogens (tertiary/aromatic N) is 1. The Hall–Kier alpha value is -1.60. The van der Waals surface area contributed by atoms with Crippen LogP contribution in [-0.4, -0.2) is 30.1 Å². The van der Waals surface area contributed by atoms with Gasteiger partial charge < -0.3 is 9.67 Å². The number of carboxylic acids is 1. The number of aryl methyl sites for hydroxylation is 1. The van der Waals surface area contributed by atoms with Crippen molar-refractivity contribution in [3.63, 3.8) is 0 Å². The first kappa shape index (κ1) is 14.8. The molecule has 7 heteroatoms. The molecule has 1 aromatic heterocycles. The average Bonchev–Trinajstić information content (AvgIpc) is 2.84. The minimum absolute atomic E-state index is 0.00584. The van der Waals surface area contributed by atoms with Crippen molar-refractivity contribution in [2.75, 3.05) is 0 Å². The second-order valence-corrected chi connectivity index (χ2v) is 6.47. The number of sulfonamides is 1. The summed E-state index contributed by atoms with van der Waals surface area (Å²) in [5, 5.41) is 9.05. The van der Waals surface area contributed by atoms with Crippen molar-refractivity contribution in [1.29, 1.82) is 0 Å². The minimum atomic E-state index is -3.67. The van der Waals surface area contributed by atoms with E-state index in [0.717, 1.165) is 12.8 Å². The molecule has 0 spiro atoms. The van der Waals surface area contributed by atoms with Crippen LogP contribution >= 0.6 is 0 Å².